The second kappa shape index (κ2) is 8.73. The molecule has 0 saturated carbocycles. The SMILES string of the molecule is C=COC(=C)/C=C/CN1CCC(Nc2cc(=O)oc3ccc(C)cc23)CC1. The molecule has 0 amide bonds. The Morgan fingerprint density at radius 1 is 1.37 bits per heavy atom. The average molecular weight is 366 g/mol. The molecule has 5 heteroatoms. The van der Waals surface area contributed by atoms with E-state index in [2.05, 4.69) is 35.5 Å². The number of fused-ring (bicyclic) bond motifs is 1. The lowest BCUT2D eigenvalue weighted by Crippen LogP contribution is -2.39. The molecule has 1 aromatic carbocycles. The molecule has 1 fully saturated rings. The van der Waals surface area contributed by atoms with Gasteiger partial charge in [-0.15, -0.1) is 0 Å². The number of nitrogens with zero attached hydrogens (tertiary/aromatic N) is 1. The zero-order valence-electron chi connectivity index (χ0n) is 15.7. The van der Waals surface area contributed by atoms with Crippen LogP contribution in [0.2, 0.25) is 0 Å². The molecule has 1 saturated heterocycles. The van der Waals surface area contributed by atoms with E-state index >= 15 is 0 Å². The molecule has 5 nitrogen and oxygen atoms in total. The van der Waals surface area contributed by atoms with Crippen LogP contribution in [0.4, 0.5) is 5.69 Å². The van der Waals surface area contributed by atoms with Crippen molar-refractivity contribution in [1.29, 1.82) is 0 Å². The van der Waals surface area contributed by atoms with Crippen LogP contribution in [0.3, 0.4) is 0 Å². The van der Waals surface area contributed by atoms with Crippen LogP contribution >= 0.6 is 0 Å². The molecule has 0 radical (unpaired) electrons. The third-order valence-corrected chi connectivity index (χ3v) is 4.75. The number of hydrogen-bond donors (Lipinski definition) is 1. The Labute approximate surface area is 159 Å². The van der Waals surface area contributed by atoms with Gasteiger partial charge in [-0.1, -0.05) is 30.9 Å². The van der Waals surface area contributed by atoms with Gasteiger partial charge in [0.1, 0.15) is 11.3 Å². The van der Waals surface area contributed by atoms with Gasteiger partial charge < -0.3 is 14.5 Å². The molecule has 3 rings (SSSR count). The molecule has 142 valence electrons. The third-order valence-electron chi connectivity index (χ3n) is 4.75. The lowest BCUT2D eigenvalue weighted by Gasteiger charge is -2.32. The molecule has 2 heterocycles. The largest absolute Gasteiger partial charge is 0.466 e. The van der Waals surface area contributed by atoms with Gasteiger partial charge in [0.15, 0.2) is 0 Å². The highest BCUT2D eigenvalue weighted by atomic mass is 16.5. The van der Waals surface area contributed by atoms with Crippen LogP contribution in [0, 0.1) is 6.92 Å². The van der Waals surface area contributed by atoms with E-state index in [0.29, 0.717) is 17.4 Å². The second-order valence-corrected chi connectivity index (χ2v) is 6.85. The topological polar surface area (TPSA) is 54.7 Å². The number of benzene rings is 1. The van der Waals surface area contributed by atoms with Crippen LogP contribution in [-0.4, -0.2) is 30.6 Å². The summed E-state index contributed by atoms with van der Waals surface area (Å²) in [5.41, 5.74) is 2.31. The van der Waals surface area contributed by atoms with Gasteiger partial charge in [-0.25, -0.2) is 4.79 Å². The zero-order chi connectivity index (χ0) is 19.2. The molecule has 1 N–H and O–H groups in total. The fourth-order valence-corrected chi connectivity index (χ4v) is 3.36. The monoisotopic (exact) mass is 366 g/mol. The van der Waals surface area contributed by atoms with E-state index in [9.17, 15) is 4.79 Å². The first-order valence-corrected chi connectivity index (χ1v) is 9.21. The maximum Gasteiger partial charge on any atom is 0.338 e. The van der Waals surface area contributed by atoms with Crippen molar-refractivity contribution >= 4 is 16.7 Å². The normalized spacial score (nSPS) is 15.9. The van der Waals surface area contributed by atoms with Gasteiger partial charge in [-0.05, 0) is 38.0 Å². The summed E-state index contributed by atoms with van der Waals surface area (Å²) < 4.78 is 10.4. The number of allylic oxidation sites excluding steroid dienone is 1. The summed E-state index contributed by atoms with van der Waals surface area (Å²) in [5, 5.41) is 4.51. The highest BCUT2D eigenvalue weighted by Crippen LogP contribution is 2.25. The standard InChI is InChI=1S/C22H26N2O3/c1-4-26-17(3)6-5-11-24-12-9-18(10-13-24)23-20-15-22(25)27-21-8-7-16(2)14-19(20)21/h4-8,14-15,18,23H,1,3,9-13H2,2H3/b6-5+. The Hall–Kier alpha value is -2.79. The van der Waals surface area contributed by atoms with Crippen molar-refractivity contribution in [2.75, 3.05) is 25.0 Å². The third kappa shape index (κ3) is 5.11. The quantitative estimate of drug-likeness (QED) is 0.452. The summed E-state index contributed by atoms with van der Waals surface area (Å²) in [6, 6.07) is 7.77. The molecule has 0 unspecified atom stereocenters. The number of likely N-dealkylation sites (tertiary alicyclic amines) is 1. The summed E-state index contributed by atoms with van der Waals surface area (Å²) >= 11 is 0. The number of piperidine rings is 1. The number of hydrogen-bond acceptors (Lipinski definition) is 5. The van der Waals surface area contributed by atoms with E-state index in [4.69, 9.17) is 9.15 Å². The minimum absolute atomic E-state index is 0.321. The van der Waals surface area contributed by atoms with Gasteiger partial charge in [0, 0.05) is 37.1 Å². The van der Waals surface area contributed by atoms with Crippen molar-refractivity contribution in [3.05, 3.63) is 77.6 Å². The Morgan fingerprint density at radius 2 is 2.15 bits per heavy atom. The van der Waals surface area contributed by atoms with E-state index in [-0.39, 0.29) is 5.63 Å². The zero-order valence-corrected chi connectivity index (χ0v) is 15.7. The molecule has 0 spiro atoms. The maximum absolute atomic E-state index is 11.9. The van der Waals surface area contributed by atoms with Crippen molar-refractivity contribution in [2.45, 2.75) is 25.8 Å². The molecular weight excluding hydrogens is 340 g/mol. The molecule has 0 atom stereocenters. The van der Waals surface area contributed by atoms with Crippen LogP contribution in [0.5, 0.6) is 0 Å². The summed E-state index contributed by atoms with van der Waals surface area (Å²) in [4.78, 5) is 14.2. The lowest BCUT2D eigenvalue weighted by atomic mass is 10.0. The molecule has 27 heavy (non-hydrogen) atoms. The Morgan fingerprint density at radius 3 is 2.89 bits per heavy atom. The van der Waals surface area contributed by atoms with E-state index in [1.807, 2.05) is 25.1 Å². The number of nitrogens with one attached hydrogen (secondary N) is 1. The summed E-state index contributed by atoms with van der Waals surface area (Å²) in [5.74, 6) is 0.589. The van der Waals surface area contributed by atoms with Gasteiger partial charge in [-0.3, -0.25) is 4.90 Å². The summed E-state index contributed by atoms with van der Waals surface area (Å²) in [6.45, 7) is 12.2. The first kappa shape index (κ1) is 19.0. The fraction of sp³-hybridized carbons (Fsp3) is 0.318. The lowest BCUT2D eigenvalue weighted by molar-refractivity contribution is 0.240. The van der Waals surface area contributed by atoms with Crippen molar-refractivity contribution in [3.63, 3.8) is 0 Å². The van der Waals surface area contributed by atoms with Crippen molar-refractivity contribution in [3.8, 4) is 0 Å². The van der Waals surface area contributed by atoms with Gasteiger partial charge in [0.25, 0.3) is 0 Å². The number of rotatable bonds is 7. The highest BCUT2D eigenvalue weighted by molar-refractivity contribution is 5.90. The Kier molecular flexibility index (Phi) is 6.14. The Balaban J connectivity index is 1.59. The molecule has 0 aliphatic carbocycles. The molecule has 2 aromatic rings. The van der Waals surface area contributed by atoms with Crippen LogP contribution in [0.15, 0.2) is 70.8 Å². The smallest absolute Gasteiger partial charge is 0.338 e. The predicted molar refractivity (Wildman–Crippen MR) is 110 cm³/mol. The first-order valence-electron chi connectivity index (χ1n) is 9.21. The fourth-order valence-electron chi connectivity index (χ4n) is 3.36. The van der Waals surface area contributed by atoms with E-state index in [1.165, 1.54) is 6.26 Å². The highest BCUT2D eigenvalue weighted by Gasteiger charge is 2.19. The van der Waals surface area contributed by atoms with E-state index in [0.717, 1.165) is 49.1 Å². The number of aryl methyl sites for hydroxylation is 1. The predicted octanol–water partition coefficient (Wildman–Crippen LogP) is 4.21. The summed E-state index contributed by atoms with van der Waals surface area (Å²) in [6.07, 6.45) is 7.33. The van der Waals surface area contributed by atoms with Crippen LogP contribution in [0.1, 0.15) is 18.4 Å². The number of anilines is 1. The summed E-state index contributed by atoms with van der Waals surface area (Å²) in [7, 11) is 0. The molecular formula is C22H26N2O3. The second-order valence-electron chi connectivity index (χ2n) is 6.85. The van der Waals surface area contributed by atoms with E-state index in [1.54, 1.807) is 6.07 Å². The van der Waals surface area contributed by atoms with Crippen molar-refractivity contribution in [1.82, 2.24) is 4.90 Å². The average Bonchev–Trinajstić information content (AvgIpc) is 2.64. The van der Waals surface area contributed by atoms with Crippen molar-refractivity contribution in [2.24, 2.45) is 0 Å². The minimum Gasteiger partial charge on any atom is -0.466 e. The maximum atomic E-state index is 11.9. The van der Waals surface area contributed by atoms with E-state index < -0.39 is 0 Å². The van der Waals surface area contributed by atoms with Crippen LogP contribution in [0.25, 0.3) is 11.0 Å². The molecule has 1 aliphatic rings. The molecule has 1 aromatic heterocycles. The minimum atomic E-state index is -0.321. The first-order chi connectivity index (χ1) is 13.0. The Bertz CT molecular complexity index is 905. The van der Waals surface area contributed by atoms with Crippen LogP contribution < -0.4 is 10.9 Å². The van der Waals surface area contributed by atoms with Crippen LogP contribution in [-0.2, 0) is 4.74 Å². The van der Waals surface area contributed by atoms with Gasteiger partial charge >= 0.3 is 5.63 Å². The van der Waals surface area contributed by atoms with Gasteiger partial charge in [-0.2, -0.15) is 0 Å². The van der Waals surface area contributed by atoms with Gasteiger partial charge in [0.05, 0.1) is 11.9 Å². The molecule has 0 bridgehead atoms. The molecule has 1 aliphatic heterocycles. The van der Waals surface area contributed by atoms with Gasteiger partial charge in [0.2, 0.25) is 0 Å². The number of ether oxygens (including phenoxy) is 1. The van der Waals surface area contributed by atoms with Crippen molar-refractivity contribution < 1.29 is 9.15 Å².